The first-order valence-electron chi connectivity index (χ1n) is 4.01. The van der Waals surface area contributed by atoms with Crippen molar-refractivity contribution in [2.45, 2.75) is 31.8 Å². The van der Waals surface area contributed by atoms with Gasteiger partial charge < -0.3 is 4.89 Å². The smallest absolute Gasteiger partial charge is 0.324 e. The van der Waals surface area contributed by atoms with Crippen LogP contribution in [0.1, 0.15) is 13.3 Å². The molecule has 0 saturated heterocycles. The minimum Gasteiger partial charge on any atom is -0.324 e. The number of alkyl halides is 6. The molecule has 0 aromatic heterocycles. The van der Waals surface area contributed by atoms with Crippen LogP contribution in [0.25, 0.3) is 0 Å². The van der Waals surface area contributed by atoms with Crippen molar-refractivity contribution in [3.8, 4) is 0 Å². The van der Waals surface area contributed by atoms with E-state index >= 15 is 0 Å². The van der Waals surface area contributed by atoms with Gasteiger partial charge in [-0.15, -0.1) is 0 Å². The third-order valence-corrected chi connectivity index (χ3v) is 2.75. The van der Waals surface area contributed by atoms with Gasteiger partial charge in [0.1, 0.15) is 6.16 Å². The molecule has 98 valence electrons. The van der Waals surface area contributed by atoms with Gasteiger partial charge in [-0.2, -0.15) is 26.3 Å². The zero-order valence-electron chi connectivity index (χ0n) is 7.97. The summed E-state index contributed by atoms with van der Waals surface area (Å²) in [5.41, 5.74) is 0. The Morgan fingerprint density at radius 1 is 1.25 bits per heavy atom. The van der Waals surface area contributed by atoms with Crippen LogP contribution in [0, 0.1) is 0 Å². The molecule has 16 heavy (non-hydrogen) atoms. The van der Waals surface area contributed by atoms with Crippen LogP contribution in [0.2, 0.25) is 0 Å². The quantitative estimate of drug-likeness (QED) is 0.633. The fourth-order valence-electron chi connectivity index (χ4n) is 0.828. The Labute approximate surface area is 86.9 Å². The first-order valence-corrected chi connectivity index (χ1v) is 5.77. The van der Waals surface area contributed by atoms with Crippen LogP contribution in [-0.4, -0.2) is 29.5 Å². The predicted molar refractivity (Wildman–Crippen MR) is 42.0 cm³/mol. The molecule has 0 rings (SSSR count). The number of rotatable bonds is 4. The van der Waals surface area contributed by atoms with E-state index in [0.717, 1.165) is 6.92 Å². The summed E-state index contributed by atoms with van der Waals surface area (Å²) in [5.74, 6) is 0. The normalized spacial score (nSPS) is 19.2. The Kier molecular flexibility index (Phi) is 4.85. The summed E-state index contributed by atoms with van der Waals surface area (Å²) in [4.78, 5) is 8.63. The lowest BCUT2D eigenvalue weighted by Gasteiger charge is -2.22. The average molecular weight is 274 g/mol. The minimum absolute atomic E-state index is 0.744. The van der Waals surface area contributed by atoms with Crippen LogP contribution in [0.3, 0.4) is 0 Å². The molecule has 0 aromatic carbocycles. The summed E-state index contributed by atoms with van der Waals surface area (Å²) >= 11 is 0. The third kappa shape index (κ3) is 6.34. The van der Waals surface area contributed by atoms with Crippen LogP contribution < -0.4 is 0 Å². The van der Waals surface area contributed by atoms with E-state index < -0.39 is 38.6 Å². The molecule has 0 spiro atoms. The number of hydrogen-bond donors (Lipinski definition) is 1. The van der Waals surface area contributed by atoms with E-state index in [4.69, 9.17) is 4.89 Å². The van der Waals surface area contributed by atoms with Crippen LogP contribution in [0.5, 0.6) is 0 Å². The van der Waals surface area contributed by atoms with Gasteiger partial charge in [-0.25, -0.2) is 0 Å². The molecule has 3 nitrogen and oxygen atoms in total. The molecule has 0 amide bonds. The van der Waals surface area contributed by atoms with Gasteiger partial charge in [0, 0.05) is 0 Å². The van der Waals surface area contributed by atoms with Crippen molar-refractivity contribution in [3.63, 3.8) is 0 Å². The molecule has 2 unspecified atom stereocenters. The van der Waals surface area contributed by atoms with Crippen LogP contribution in [0.15, 0.2) is 0 Å². The van der Waals surface area contributed by atoms with Gasteiger partial charge in [0.15, 0.2) is 6.10 Å². The van der Waals surface area contributed by atoms with Crippen molar-refractivity contribution in [2.75, 3.05) is 6.16 Å². The molecule has 10 heteroatoms. The summed E-state index contributed by atoms with van der Waals surface area (Å²) in [6, 6.07) is 0. The molecule has 1 N–H and O–H groups in total. The fourth-order valence-corrected chi connectivity index (χ4v) is 2.02. The average Bonchev–Trinajstić information content (AvgIpc) is 1.93. The Morgan fingerprint density at radius 3 is 1.94 bits per heavy atom. The lowest BCUT2D eigenvalue weighted by Crippen LogP contribution is -2.31. The molecular weight excluding hydrogens is 265 g/mol. The third-order valence-electron chi connectivity index (χ3n) is 1.41. The topological polar surface area (TPSA) is 46.5 Å². The number of hydrogen-bond acceptors (Lipinski definition) is 2. The summed E-state index contributed by atoms with van der Waals surface area (Å²) in [7, 11) is -5.33. The van der Waals surface area contributed by atoms with Gasteiger partial charge in [0.25, 0.3) is 0 Å². The van der Waals surface area contributed by atoms with Gasteiger partial charge >= 0.3 is 19.9 Å². The molecule has 0 saturated carbocycles. The van der Waals surface area contributed by atoms with Crippen molar-refractivity contribution >= 4 is 7.60 Å². The first-order chi connectivity index (χ1) is 6.87. The Balaban J connectivity index is 4.63. The van der Waals surface area contributed by atoms with E-state index in [1.165, 1.54) is 0 Å². The Morgan fingerprint density at radius 2 is 1.69 bits per heavy atom. The van der Waals surface area contributed by atoms with Gasteiger partial charge in [0.05, 0.1) is 0 Å². The molecule has 0 heterocycles. The molecule has 0 radical (unpaired) electrons. The van der Waals surface area contributed by atoms with Crippen molar-refractivity contribution in [2.24, 2.45) is 0 Å². The van der Waals surface area contributed by atoms with Crippen molar-refractivity contribution in [1.29, 1.82) is 0 Å². The maximum Gasteiger partial charge on any atom is 0.415 e. The number of halogens is 6. The summed E-state index contributed by atoms with van der Waals surface area (Å²) < 4.78 is 85.6. The van der Waals surface area contributed by atoms with Gasteiger partial charge in [-0.05, 0) is 6.42 Å². The summed E-state index contributed by atoms with van der Waals surface area (Å²) in [5, 5.41) is 0. The van der Waals surface area contributed by atoms with E-state index in [0.29, 0.717) is 0 Å². The largest absolute Gasteiger partial charge is 0.415 e. The molecule has 2 atom stereocenters. The van der Waals surface area contributed by atoms with Crippen molar-refractivity contribution in [3.05, 3.63) is 0 Å². The van der Waals surface area contributed by atoms with Crippen molar-refractivity contribution in [1.82, 2.24) is 0 Å². The molecule has 0 aliphatic carbocycles. The van der Waals surface area contributed by atoms with E-state index in [9.17, 15) is 30.9 Å². The van der Waals surface area contributed by atoms with Crippen LogP contribution in [0.4, 0.5) is 26.3 Å². The Bertz CT molecular complexity index is 272. The van der Waals surface area contributed by atoms with Crippen LogP contribution >= 0.6 is 7.60 Å². The second kappa shape index (κ2) is 4.93. The second-order valence-corrected chi connectivity index (χ2v) is 4.76. The fraction of sp³-hybridized carbons (Fsp3) is 1.00. The van der Waals surface area contributed by atoms with Crippen molar-refractivity contribution < 1.29 is 40.3 Å². The molecule has 0 aliphatic heterocycles. The maximum atomic E-state index is 12.0. The zero-order chi connectivity index (χ0) is 13.2. The SMILES string of the molecule is CCC(OP(=O)(O)CC(F)(F)F)C(F)(F)F. The molecule has 0 bridgehead atoms. The molecular formula is C6H9F6O3P. The summed E-state index contributed by atoms with van der Waals surface area (Å²) in [6.45, 7) is 0.978. The minimum atomic E-state index is -5.33. The monoisotopic (exact) mass is 274 g/mol. The standard InChI is InChI=1S/C6H9F6O3P/c1-2-4(6(10,11)12)15-16(13,14)3-5(7,8)9/h4H,2-3H2,1H3,(H,13,14). The first kappa shape index (κ1) is 15.7. The predicted octanol–water partition coefficient (Wildman–Crippen LogP) is 3.09. The van der Waals surface area contributed by atoms with E-state index in [1.54, 1.807) is 0 Å². The van der Waals surface area contributed by atoms with E-state index in [-0.39, 0.29) is 0 Å². The Hall–Kier alpha value is -0.270. The van der Waals surface area contributed by atoms with E-state index in [1.807, 2.05) is 0 Å². The molecule has 0 fully saturated rings. The highest BCUT2D eigenvalue weighted by Gasteiger charge is 2.47. The maximum absolute atomic E-state index is 12.0. The molecule has 0 aromatic rings. The lowest BCUT2D eigenvalue weighted by atomic mass is 10.3. The zero-order valence-corrected chi connectivity index (χ0v) is 8.86. The highest BCUT2D eigenvalue weighted by molar-refractivity contribution is 7.52. The highest BCUT2D eigenvalue weighted by Crippen LogP contribution is 2.50. The molecule has 0 aliphatic rings. The highest BCUT2D eigenvalue weighted by atomic mass is 31.2. The summed E-state index contributed by atoms with van der Waals surface area (Å²) in [6.07, 6.45) is -15.8. The van der Waals surface area contributed by atoms with Crippen LogP contribution in [-0.2, 0) is 9.09 Å². The second-order valence-electron chi connectivity index (χ2n) is 2.95. The van der Waals surface area contributed by atoms with Gasteiger partial charge in [-0.3, -0.25) is 9.09 Å². The van der Waals surface area contributed by atoms with Gasteiger partial charge in [-0.1, -0.05) is 6.92 Å². The van der Waals surface area contributed by atoms with E-state index in [2.05, 4.69) is 4.52 Å². The lowest BCUT2D eigenvalue weighted by molar-refractivity contribution is -0.198. The van der Waals surface area contributed by atoms with Gasteiger partial charge in [0.2, 0.25) is 0 Å².